The summed E-state index contributed by atoms with van der Waals surface area (Å²) < 4.78 is 0. The zero-order valence-electron chi connectivity index (χ0n) is 12.7. The lowest BCUT2D eigenvalue weighted by molar-refractivity contribution is 0.146. The zero-order chi connectivity index (χ0) is 13.3. The van der Waals surface area contributed by atoms with Crippen LogP contribution in [0.2, 0.25) is 0 Å². The van der Waals surface area contributed by atoms with Gasteiger partial charge in [-0.25, -0.2) is 0 Å². The molecule has 0 spiro atoms. The number of hydrogen-bond donors (Lipinski definition) is 0. The first-order valence-corrected chi connectivity index (χ1v) is 7.68. The third-order valence-corrected chi connectivity index (χ3v) is 4.83. The SMILES string of the molecule is C/C=C1\C(=C/C2C(C)CC2C)CCCN1C(C)C. The van der Waals surface area contributed by atoms with E-state index in [4.69, 9.17) is 0 Å². The summed E-state index contributed by atoms with van der Waals surface area (Å²) in [5.41, 5.74) is 3.11. The molecule has 0 bridgehead atoms. The van der Waals surface area contributed by atoms with Crippen LogP contribution in [0, 0.1) is 17.8 Å². The highest BCUT2D eigenvalue weighted by Gasteiger charge is 2.34. The van der Waals surface area contributed by atoms with Crippen LogP contribution < -0.4 is 0 Å². The maximum absolute atomic E-state index is 2.60. The summed E-state index contributed by atoms with van der Waals surface area (Å²) in [6.45, 7) is 12.8. The predicted molar refractivity (Wildman–Crippen MR) is 79.4 cm³/mol. The zero-order valence-corrected chi connectivity index (χ0v) is 12.7. The van der Waals surface area contributed by atoms with Gasteiger partial charge in [0.05, 0.1) is 0 Å². The Morgan fingerprint density at radius 3 is 2.39 bits per heavy atom. The van der Waals surface area contributed by atoms with Crippen molar-refractivity contribution >= 4 is 0 Å². The van der Waals surface area contributed by atoms with E-state index in [2.05, 4.69) is 51.7 Å². The number of piperidine rings is 1. The summed E-state index contributed by atoms with van der Waals surface area (Å²) in [6.07, 6.45) is 8.92. The van der Waals surface area contributed by atoms with E-state index < -0.39 is 0 Å². The van der Waals surface area contributed by atoms with E-state index >= 15 is 0 Å². The van der Waals surface area contributed by atoms with E-state index in [-0.39, 0.29) is 0 Å². The van der Waals surface area contributed by atoms with Crippen molar-refractivity contribution in [2.24, 2.45) is 17.8 Å². The highest BCUT2D eigenvalue weighted by molar-refractivity contribution is 5.33. The quantitative estimate of drug-likeness (QED) is 0.688. The van der Waals surface area contributed by atoms with Crippen LogP contribution in [0.4, 0.5) is 0 Å². The smallest absolute Gasteiger partial charge is 0.0354 e. The molecule has 0 aromatic rings. The number of rotatable bonds is 2. The van der Waals surface area contributed by atoms with Crippen LogP contribution in [0.1, 0.15) is 53.9 Å². The molecule has 18 heavy (non-hydrogen) atoms. The number of hydrogen-bond acceptors (Lipinski definition) is 1. The van der Waals surface area contributed by atoms with Crippen LogP contribution in [0.3, 0.4) is 0 Å². The lowest BCUT2D eigenvalue weighted by atomic mass is 9.65. The Bertz CT molecular complexity index is 343. The van der Waals surface area contributed by atoms with Crippen molar-refractivity contribution < 1.29 is 0 Å². The molecule has 1 aliphatic carbocycles. The molecule has 1 aliphatic heterocycles. The van der Waals surface area contributed by atoms with Crippen molar-refractivity contribution in [3.05, 3.63) is 23.4 Å². The van der Waals surface area contributed by atoms with Gasteiger partial charge in [0.25, 0.3) is 0 Å². The average molecular weight is 247 g/mol. The van der Waals surface area contributed by atoms with E-state index in [0.29, 0.717) is 6.04 Å². The van der Waals surface area contributed by atoms with Crippen LogP contribution in [-0.2, 0) is 0 Å². The van der Waals surface area contributed by atoms with Gasteiger partial charge in [-0.05, 0) is 63.4 Å². The van der Waals surface area contributed by atoms with Gasteiger partial charge in [-0.15, -0.1) is 0 Å². The molecule has 0 N–H and O–H groups in total. The molecule has 0 amide bonds. The normalized spacial score (nSPS) is 37.4. The molecule has 1 saturated carbocycles. The first kappa shape index (κ1) is 13.7. The summed E-state index contributed by atoms with van der Waals surface area (Å²) in [4.78, 5) is 2.57. The Morgan fingerprint density at radius 1 is 1.22 bits per heavy atom. The molecule has 0 radical (unpaired) electrons. The van der Waals surface area contributed by atoms with E-state index in [1.54, 1.807) is 5.57 Å². The number of likely N-dealkylation sites (tertiary alicyclic amines) is 1. The number of nitrogens with zero attached hydrogens (tertiary/aromatic N) is 1. The third kappa shape index (κ3) is 2.50. The minimum Gasteiger partial charge on any atom is -0.369 e. The summed E-state index contributed by atoms with van der Waals surface area (Å²) in [6, 6.07) is 0.621. The predicted octanol–water partition coefficient (Wildman–Crippen LogP) is 4.61. The summed E-state index contributed by atoms with van der Waals surface area (Å²) in [5, 5.41) is 0. The molecular formula is C17H29N. The minimum absolute atomic E-state index is 0.621. The van der Waals surface area contributed by atoms with Crippen molar-refractivity contribution in [3.8, 4) is 0 Å². The summed E-state index contributed by atoms with van der Waals surface area (Å²) >= 11 is 0. The molecule has 0 aromatic heterocycles. The monoisotopic (exact) mass is 247 g/mol. The van der Waals surface area contributed by atoms with E-state index in [9.17, 15) is 0 Å². The maximum atomic E-state index is 2.60. The first-order chi connectivity index (χ1) is 8.54. The Hall–Kier alpha value is -0.720. The molecule has 1 saturated heterocycles. The van der Waals surface area contributed by atoms with Gasteiger partial charge in [-0.2, -0.15) is 0 Å². The Morgan fingerprint density at radius 2 is 1.89 bits per heavy atom. The molecule has 1 nitrogen and oxygen atoms in total. The Labute approximate surface area is 113 Å². The van der Waals surface area contributed by atoms with Gasteiger partial charge in [0.2, 0.25) is 0 Å². The highest BCUT2D eigenvalue weighted by atomic mass is 15.2. The highest BCUT2D eigenvalue weighted by Crippen LogP contribution is 2.43. The molecule has 2 aliphatic rings. The van der Waals surface area contributed by atoms with Gasteiger partial charge in [0.1, 0.15) is 0 Å². The molecule has 0 aromatic carbocycles. The van der Waals surface area contributed by atoms with Crippen LogP contribution in [0.5, 0.6) is 0 Å². The van der Waals surface area contributed by atoms with Gasteiger partial charge < -0.3 is 4.90 Å². The van der Waals surface area contributed by atoms with Crippen molar-refractivity contribution in [3.63, 3.8) is 0 Å². The van der Waals surface area contributed by atoms with Crippen molar-refractivity contribution in [1.82, 2.24) is 4.90 Å². The summed E-state index contributed by atoms with van der Waals surface area (Å²) in [5.74, 6) is 2.60. The van der Waals surface area contributed by atoms with E-state index in [0.717, 1.165) is 17.8 Å². The molecule has 2 rings (SSSR count). The van der Waals surface area contributed by atoms with Gasteiger partial charge in [0.15, 0.2) is 0 Å². The fraction of sp³-hybridized carbons (Fsp3) is 0.765. The fourth-order valence-corrected chi connectivity index (χ4v) is 3.76. The van der Waals surface area contributed by atoms with Crippen molar-refractivity contribution in [1.29, 1.82) is 0 Å². The lowest BCUT2D eigenvalue weighted by Gasteiger charge is -2.42. The molecule has 2 fully saturated rings. The van der Waals surface area contributed by atoms with Crippen LogP contribution in [-0.4, -0.2) is 17.5 Å². The second kappa shape index (κ2) is 5.50. The topological polar surface area (TPSA) is 3.24 Å². The van der Waals surface area contributed by atoms with Crippen molar-refractivity contribution in [2.45, 2.75) is 59.9 Å². The molecule has 1 heterocycles. The van der Waals surface area contributed by atoms with Gasteiger partial charge in [0, 0.05) is 18.3 Å². The first-order valence-electron chi connectivity index (χ1n) is 7.68. The third-order valence-electron chi connectivity index (χ3n) is 4.83. The lowest BCUT2D eigenvalue weighted by Crippen LogP contribution is -2.36. The Kier molecular flexibility index (Phi) is 4.19. The molecule has 1 heteroatoms. The summed E-state index contributed by atoms with van der Waals surface area (Å²) in [7, 11) is 0. The molecular weight excluding hydrogens is 218 g/mol. The van der Waals surface area contributed by atoms with Crippen LogP contribution in [0.15, 0.2) is 23.4 Å². The van der Waals surface area contributed by atoms with Crippen LogP contribution in [0.25, 0.3) is 0 Å². The fourth-order valence-electron chi connectivity index (χ4n) is 3.76. The largest absolute Gasteiger partial charge is 0.369 e. The van der Waals surface area contributed by atoms with Gasteiger partial charge in [-0.3, -0.25) is 0 Å². The second-order valence-corrected chi connectivity index (χ2v) is 6.52. The maximum Gasteiger partial charge on any atom is 0.0354 e. The van der Waals surface area contributed by atoms with E-state index in [1.807, 2.05) is 0 Å². The van der Waals surface area contributed by atoms with Crippen LogP contribution >= 0.6 is 0 Å². The van der Waals surface area contributed by atoms with E-state index in [1.165, 1.54) is 31.5 Å². The second-order valence-electron chi connectivity index (χ2n) is 6.52. The van der Waals surface area contributed by atoms with Gasteiger partial charge >= 0.3 is 0 Å². The minimum atomic E-state index is 0.621. The molecule has 102 valence electrons. The average Bonchev–Trinajstić information content (AvgIpc) is 2.35. The molecule has 2 unspecified atom stereocenters. The van der Waals surface area contributed by atoms with Crippen molar-refractivity contribution in [2.75, 3.05) is 6.54 Å². The Balaban J connectivity index is 2.18. The van der Waals surface area contributed by atoms with Gasteiger partial charge in [-0.1, -0.05) is 26.0 Å². The standard InChI is InChI=1S/C17H29N/c1-6-17-15(8-7-9-18(17)12(2)3)11-16-13(4)10-14(16)5/h6,11-14,16H,7-10H2,1-5H3/b15-11-,17-6+. The number of allylic oxidation sites excluding steroid dienone is 3. The molecule has 2 atom stereocenters.